The third-order valence-electron chi connectivity index (χ3n) is 4.08. The molecule has 2 fully saturated rings. The first-order valence-electron chi connectivity index (χ1n) is 6.08. The summed E-state index contributed by atoms with van der Waals surface area (Å²) < 4.78 is 0. The van der Waals surface area contributed by atoms with Gasteiger partial charge in [-0.2, -0.15) is 0 Å². The van der Waals surface area contributed by atoms with Gasteiger partial charge in [-0.15, -0.1) is 0 Å². The fourth-order valence-corrected chi connectivity index (χ4v) is 2.75. The van der Waals surface area contributed by atoms with Gasteiger partial charge in [-0.25, -0.2) is 0 Å². The van der Waals surface area contributed by atoms with Gasteiger partial charge in [0.05, 0.1) is 0 Å². The van der Waals surface area contributed by atoms with Crippen LogP contribution in [0.2, 0.25) is 0 Å². The molecule has 1 amide bonds. The van der Waals surface area contributed by atoms with Gasteiger partial charge in [0.25, 0.3) is 0 Å². The molecule has 2 rings (SSSR count). The number of likely N-dealkylation sites (tertiary alicyclic amines) is 1. The van der Waals surface area contributed by atoms with E-state index in [1.54, 1.807) is 0 Å². The molecule has 1 aliphatic heterocycles. The van der Waals surface area contributed by atoms with Gasteiger partial charge >= 0.3 is 0 Å². The van der Waals surface area contributed by atoms with Crippen LogP contribution in [0.25, 0.3) is 0 Å². The molecule has 2 heteroatoms. The lowest BCUT2D eigenvalue weighted by molar-refractivity contribution is -0.148. The predicted octanol–water partition coefficient (Wildman–Crippen LogP) is 2.58. The smallest absolute Gasteiger partial charge is 0.228 e. The zero-order valence-corrected chi connectivity index (χ0v) is 9.22. The highest BCUT2D eigenvalue weighted by Gasteiger charge is 2.44. The number of rotatable bonds is 2. The van der Waals surface area contributed by atoms with E-state index < -0.39 is 0 Å². The topological polar surface area (TPSA) is 20.3 Å². The second-order valence-corrected chi connectivity index (χ2v) is 4.84. The molecule has 0 aromatic carbocycles. The molecule has 0 aromatic heterocycles. The lowest BCUT2D eigenvalue weighted by Gasteiger charge is -2.44. The molecule has 0 atom stereocenters. The maximum absolute atomic E-state index is 12.3. The van der Waals surface area contributed by atoms with Crippen LogP contribution in [0.15, 0.2) is 0 Å². The van der Waals surface area contributed by atoms with Gasteiger partial charge < -0.3 is 4.90 Å². The first-order valence-corrected chi connectivity index (χ1v) is 6.08. The first kappa shape index (κ1) is 10.0. The van der Waals surface area contributed by atoms with Gasteiger partial charge in [0.15, 0.2) is 0 Å². The van der Waals surface area contributed by atoms with Crippen molar-refractivity contribution in [3.8, 4) is 0 Å². The minimum Gasteiger partial charge on any atom is -0.342 e. The highest BCUT2D eigenvalue weighted by atomic mass is 16.2. The van der Waals surface area contributed by atoms with Crippen molar-refractivity contribution in [2.24, 2.45) is 5.41 Å². The average molecular weight is 195 g/mol. The summed E-state index contributed by atoms with van der Waals surface area (Å²) in [7, 11) is 0. The van der Waals surface area contributed by atoms with Crippen molar-refractivity contribution >= 4 is 5.91 Å². The van der Waals surface area contributed by atoms with E-state index in [0.717, 1.165) is 32.4 Å². The van der Waals surface area contributed by atoms with Crippen molar-refractivity contribution in [2.45, 2.75) is 51.9 Å². The van der Waals surface area contributed by atoms with Crippen LogP contribution in [0.3, 0.4) is 0 Å². The van der Waals surface area contributed by atoms with Crippen molar-refractivity contribution in [1.82, 2.24) is 4.90 Å². The number of carbonyl (C=O) groups is 1. The monoisotopic (exact) mass is 195 g/mol. The van der Waals surface area contributed by atoms with Crippen molar-refractivity contribution in [3.63, 3.8) is 0 Å². The summed E-state index contributed by atoms with van der Waals surface area (Å²) in [4.78, 5) is 14.4. The third-order valence-corrected chi connectivity index (χ3v) is 4.08. The summed E-state index contributed by atoms with van der Waals surface area (Å²) in [6, 6.07) is 0. The Morgan fingerprint density at radius 1 is 1.14 bits per heavy atom. The van der Waals surface area contributed by atoms with Crippen LogP contribution < -0.4 is 0 Å². The Bertz CT molecular complexity index is 209. The maximum atomic E-state index is 12.3. The Kier molecular flexibility index (Phi) is 2.80. The van der Waals surface area contributed by atoms with E-state index in [0.29, 0.717) is 5.91 Å². The first-order chi connectivity index (χ1) is 6.78. The summed E-state index contributed by atoms with van der Waals surface area (Å²) in [6.07, 6.45) is 8.31. The number of carbonyl (C=O) groups excluding carboxylic acids is 1. The number of nitrogens with zero attached hydrogens (tertiary/aromatic N) is 1. The predicted molar refractivity (Wildman–Crippen MR) is 57.0 cm³/mol. The fourth-order valence-electron chi connectivity index (χ4n) is 2.75. The van der Waals surface area contributed by atoms with Gasteiger partial charge in [-0.05, 0) is 38.5 Å². The van der Waals surface area contributed by atoms with Crippen LogP contribution in [0.4, 0.5) is 0 Å². The average Bonchev–Trinajstić information content (AvgIpc) is 2.18. The lowest BCUT2D eigenvalue weighted by Crippen LogP contribution is -2.49. The van der Waals surface area contributed by atoms with Crippen molar-refractivity contribution in [1.29, 1.82) is 0 Å². The van der Waals surface area contributed by atoms with Gasteiger partial charge in [0, 0.05) is 18.5 Å². The molecular formula is C12H21NO. The molecule has 2 aliphatic rings. The summed E-state index contributed by atoms with van der Waals surface area (Å²) >= 11 is 0. The van der Waals surface area contributed by atoms with Gasteiger partial charge in [-0.1, -0.05) is 13.3 Å². The quantitative estimate of drug-likeness (QED) is 0.663. The van der Waals surface area contributed by atoms with E-state index in [1.165, 1.54) is 25.7 Å². The van der Waals surface area contributed by atoms with E-state index in [1.807, 2.05) is 0 Å². The van der Waals surface area contributed by atoms with E-state index >= 15 is 0 Å². The highest BCUT2D eigenvalue weighted by Crippen LogP contribution is 2.45. The van der Waals surface area contributed by atoms with Crippen LogP contribution in [0, 0.1) is 5.41 Å². The Labute approximate surface area is 86.7 Å². The summed E-state index contributed by atoms with van der Waals surface area (Å²) in [5.41, 5.74) is 0.0668. The zero-order chi connectivity index (χ0) is 10.0. The molecule has 0 spiro atoms. The van der Waals surface area contributed by atoms with Crippen molar-refractivity contribution < 1.29 is 4.79 Å². The molecule has 80 valence electrons. The Hall–Kier alpha value is -0.530. The van der Waals surface area contributed by atoms with Crippen LogP contribution in [-0.4, -0.2) is 23.9 Å². The number of amides is 1. The number of hydrogen-bond donors (Lipinski definition) is 0. The van der Waals surface area contributed by atoms with E-state index in [2.05, 4.69) is 11.8 Å². The fraction of sp³-hybridized carbons (Fsp3) is 0.917. The third kappa shape index (κ3) is 1.55. The Balaban J connectivity index is 1.98. The molecule has 0 unspecified atom stereocenters. The highest BCUT2D eigenvalue weighted by molar-refractivity contribution is 5.83. The van der Waals surface area contributed by atoms with Gasteiger partial charge in [0.2, 0.25) is 5.91 Å². The standard InChI is InChI=1S/C12H21NO/c1-2-12(7-6-8-12)11(14)13-9-4-3-5-10-13/h2-10H2,1H3. The van der Waals surface area contributed by atoms with Crippen molar-refractivity contribution in [2.75, 3.05) is 13.1 Å². The normalized spacial score (nSPS) is 25.6. The number of piperidine rings is 1. The molecule has 2 nitrogen and oxygen atoms in total. The van der Waals surface area contributed by atoms with E-state index in [9.17, 15) is 4.79 Å². The molecular weight excluding hydrogens is 174 g/mol. The van der Waals surface area contributed by atoms with Gasteiger partial charge in [-0.3, -0.25) is 4.79 Å². The van der Waals surface area contributed by atoms with Crippen LogP contribution in [0.1, 0.15) is 51.9 Å². The summed E-state index contributed by atoms with van der Waals surface area (Å²) in [6.45, 7) is 4.20. The minimum absolute atomic E-state index is 0.0668. The molecule has 0 radical (unpaired) electrons. The SMILES string of the molecule is CCC1(C(=O)N2CCCCC2)CCC1. The van der Waals surface area contributed by atoms with E-state index in [-0.39, 0.29) is 5.41 Å². The summed E-state index contributed by atoms with van der Waals surface area (Å²) in [5.74, 6) is 0.464. The molecule has 0 aromatic rings. The van der Waals surface area contributed by atoms with Gasteiger partial charge in [0.1, 0.15) is 0 Å². The van der Waals surface area contributed by atoms with Crippen molar-refractivity contribution in [3.05, 3.63) is 0 Å². The zero-order valence-electron chi connectivity index (χ0n) is 9.22. The largest absolute Gasteiger partial charge is 0.342 e. The minimum atomic E-state index is 0.0668. The maximum Gasteiger partial charge on any atom is 0.228 e. The molecule has 0 bridgehead atoms. The molecule has 14 heavy (non-hydrogen) atoms. The lowest BCUT2D eigenvalue weighted by atomic mass is 9.66. The molecule has 1 saturated carbocycles. The second-order valence-electron chi connectivity index (χ2n) is 4.84. The van der Waals surface area contributed by atoms with Crippen LogP contribution in [0.5, 0.6) is 0 Å². The summed E-state index contributed by atoms with van der Waals surface area (Å²) in [5, 5.41) is 0. The Morgan fingerprint density at radius 2 is 1.79 bits per heavy atom. The molecule has 1 heterocycles. The van der Waals surface area contributed by atoms with E-state index in [4.69, 9.17) is 0 Å². The molecule has 1 saturated heterocycles. The molecule has 1 aliphatic carbocycles. The van der Waals surface area contributed by atoms with Crippen LogP contribution in [-0.2, 0) is 4.79 Å². The Morgan fingerprint density at radius 3 is 2.21 bits per heavy atom. The number of hydrogen-bond acceptors (Lipinski definition) is 1. The molecule has 0 N–H and O–H groups in total. The second kappa shape index (κ2) is 3.92. The van der Waals surface area contributed by atoms with Crippen LogP contribution >= 0.6 is 0 Å².